The van der Waals surface area contributed by atoms with Crippen molar-refractivity contribution < 1.29 is 9.59 Å². The Labute approximate surface area is 228 Å². The Kier molecular flexibility index (Phi) is 11.1. The Bertz CT molecular complexity index is 1130. The lowest BCUT2D eigenvalue weighted by atomic mass is 10.0. The molecule has 0 aliphatic carbocycles. The van der Waals surface area contributed by atoms with Crippen LogP contribution >= 0.6 is 34.8 Å². The molecule has 7 heteroatoms. The van der Waals surface area contributed by atoms with Gasteiger partial charge in [0.25, 0.3) is 0 Å². The van der Waals surface area contributed by atoms with Crippen molar-refractivity contribution in [2.75, 3.05) is 6.54 Å². The van der Waals surface area contributed by atoms with E-state index in [0.717, 1.165) is 24.0 Å². The molecule has 0 spiro atoms. The second-order valence-corrected chi connectivity index (χ2v) is 9.88. The molecule has 0 aliphatic heterocycles. The van der Waals surface area contributed by atoms with E-state index in [2.05, 4.69) is 12.2 Å². The summed E-state index contributed by atoms with van der Waals surface area (Å²) >= 11 is 19.3. The number of carbonyl (C=O) groups is 2. The van der Waals surface area contributed by atoms with Crippen molar-refractivity contribution in [3.63, 3.8) is 0 Å². The average Bonchev–Trinajstić information content (AvgIpc) is 2.87. The van der Waals surface area contributed by atoms with Crippen molar-refractivity contribution in [2.24, 2.45) is 0 Å². The van der Waals surface area contributed by atoms with Crippen molar-refractivity contribution in [2.45, 2.75) is 51.6 Å². The van der Waals surface area contributed by atoms with Gasteiger partial charge in [-0.25, -0.2) is 0 Å². The van der Waals surface area contributed by atoms with E-state index in [1.54, 1.807) is 23.1 Å². The molecular weight excluding hydrogens is 515 g/mol. The van der Waals surface area contributed by atoms with E-state index >= 15 is 0 Å². The molecule has 1 N–H and O–H groups in total. The SMILES string of the molecule is CCCCNC(=O)[C@H](Cc1ccccc1)N(Cc1c(Cl)cccc1Cl)C(=O)CCc1ccccc1Cl. The fourth-order valence-corrected chi connectivity index (χ4v) is 4.75. The molecular formula is C29H31Cl3N2O2. The van der Waals surface area contributed by atoms with Gasteiger partial charge in [0, 0.05) is 46.6 Å². The van der Waals surface area contributed by atoms with Gasteiger partial charge in [-0.05, 0) is 42.2 Å². The Morgan fingerprint density at radius 3 is 2.17 bits per heavy atom. The van der Waals surface area contributed by atoms with Crippen molar-refractivity contribution >= 4 is 46.6 Å². The van der Waals surface area contributed by atoms with Crippen LogP contribution in [0.3, 0.4) is 0 Å². The minimum Gasteiger partial charge on any atom is -0.354 e. The molecule has 0 radical (unpaired) electrons. The monoisotopic (exact) mass is 544 g/mol. The molecule has 3 aromatic carbocycles. The zero-order valence-electron chi connectivity index (χ0n) is 20.4. The molecule has 4 nitrogen and oxygen atoms in total. The number of aryl methyl sites for hydroxylation is 1. The highest BCUT2D eigenvalue weighted by Crippen LogP contribution is 2.28. The van der Waals surface area contributed by atoms with Crippen LogP contribution in [-0.4, -0.2) is 29.3 Å². The minimum absolute atomic E-state index is 0.124. The van der Waals surface area contributed by atoms with Gasteiger partial charge in [-0.2, -0.15) is 0 Å². The van der Waals surface area contributed by atoms with Crippen LogP contribution in [-0.2, 0) is 29.0 Å². The summed E-state index contributed by atoms with van der Waals surface area (Å²) in [4.78, 5) is 28.8. The van der Waals surface area contributed by atoms with E-state index < -0.39 is 6.04 Å². The number of nitrogens with zero attached hydrogens (tertiary/aromatic N) is 1. The summed E-state index contributed by atoms with van der Waals surface area (Å²) < 4.78 is 0. The van der Waals surface area contributed by atoms with Gasteiger partial charge in [-0.1, -0.05) is 103 Å². The van der Waals surface area contributed by atoms with E-state index in [9.17, 15) is 9.59 Å². The predicted octanol–water partition coefficient (Wildman–Crippen LogP) is 7.14. The number of nitrogens with one attached hydrogen (secondary N) is 1. The van der Waals surface area contributed by atoms with Crippen LogP contribution in [0, 0.1) is 0 Å². The second kappa shape index (κ2) is 14.3. The maximum atomic E-state index is 13.7. The minimum atomic E-state index is -0.727. The summed E-state index contributed by atoms with van der Waals surface area (Å²) in [7, 11) is 0. The Morgan fingerprint density at radius 1 is 0.861 bits per heavy atom. The van der Waals surface area contributed by atoms with E-state index in [1.165, 1.54) is 0 Å². The number of hydrogen-bond acceptors (Lipinski definition) is 2. The molecule has 0 fully saturated rings. The molecule has 0 bridgehead atoms. The molecule has 3 aromatic rings. The first-order valence-corrected chi connectivity index (χ1v) is 13.3. The third kappa shape index (κ3) is 7.99. The van der Waals surface area contributed by atoms with E-state index in [4.69, 9.17) is 34.8 Å². The Balaban J connectivity index is 1.94. The highest BCUT2D eigenvalue weighted by molar-refractivity contribution is 6.36. The van der Waals surface area contributed by atoms with Crippen LogP contribution in [0.4, 0.5) is 0 Å². The van der Waals surface area contributed by atoms with Crippen molar-refractivity contribution in [1.82, 2.24) is 10.2 Å². The summed E-state index contributed by atoms with van der Waals surface area (Å²) in [5, 5.41) is 4.54. The van der Waals surface area contributed by atoms with Gasteiger partial charge >= 0.3 is 0 Å². The molecule has 0 aliphatic rings. The number of benzene rings is 3. The Morgan fingerprint density at radius 2 is 1.50 bits per heavy atom. The van der Waals surface area contributed by atoms with Gasteiger partial charge in [0.05, 0.1) is 0 Å². The average molecular weight is 546 g/mol. The summed E-state index contributed by atoms with van der Waals surface area (Å²) in [6, 6.07) is 21.7. The zero-order valence-corrected chi connectivity index (χ0v) is 22.6. The van der Waals surface area contributed by atoms with Gasteiger partial charge < -0.3 is 10.2 Å². The van der Waals surface area contributed by atoms with Crippen LogP contribution < -0.4 is 5.32 Å². The lowest BCUT2D eigenvalue weighted by Gasteiger charge is -2.32. The fourth-order valence-electron chi connectivity index (χ4n) is 4.00. The predicted molar refractivity (Wildman–Crippen MR) is 149 cm³/mol. The van der Waals surface area contributed by atoms with Crippen LogP contribution in [0.5, 0.6) is 0 Å². The van der Waals surface area contributed by atoms with E-state index in [0.29, 0.717) is 40.0 Å². The largest absolute Gasteiger partial charge is 0.354 e. The highest BCUT2D eigenvalue weighted by Gasteiger charge is 2.31. The number of unbranched alkanes of at least 4 members (excludes halogenated alkanes) is 1. The molecule has 2 amide bonds. The zero-order chi connectivity index (χ0) is 25.9. The van der Waals surface area contributed by atoms with E-state index in [1.807, 2.05) is 54.6 Å². The molecule has 0 aromatic heterocycles. The molecule has 0 saturated heterocycles. The molecule has 3 rings (SSSR count). The molecule has 1 atom stereocenters. The van der Waals surface area contributed by atoms with E-state index in [-0.39, 0.29) is 24.8 Å². The normalized spacial score (nSPS) is 11.7. The second-order valence-electron chi connectivity index (χ2n) is 8.66. The first-order valence-electron chi connectivity index (χ1n) is 12.2. The molecule has 0 heterocycles. The quantitative estimate of drug-likeness (QED) is 0.246. The molecule has 0 saturated carbocycles. The van der Waals surface area contributed by atoms with Crippen LogP contribution in [0.2, 0.25) is 15.1 Å². The van der Waals surface area contributed by atoms with Crippen molar-refractivity contribution in [3.8, 4) is 0 Å². The standard InChI is InChI=1S/C29H31Cl3N2O2/c1-2-3-18-33-29(36)27(19-21-10-5-4-6-11-21)34(20-23-25(31)14-9-15-26(23)32)28(35)17-16-22-12-7-8-13-24(22)30/h4-15,27H,2-3,16-20H2,1H3,(H,33,36)/t27-/m0/s1. The summed E-state index contributed by atoms with van der Waals surface area (Å²) in [5.74, 6) is -0.362. The number of amides is 2. The van der Waals surface area contributed by atoms with Gasteiger partial charge in [0.2, 0.25) is 11.8 Å². The fraction of sp³-hybridized carbons (Fsp3) is 0.310. The number of rotatable bonds is 12. The van der Waals surface area contributed by atoms with Gasteiger partial charge in [-0.15, -0.1) is 0 Å². The summed E-state index contributed by atoms with van der Waals surface area (Å²) in [5.41, 5.74) is 2.46. The highest BCUT2D eigenvalue weighted by atomic mass is 35.5. The number of carbonyl (C=O) groups excluding carboxylic acids is 2. The lowest BCUT2D eigenvalue weighted by Crippen LogP contribution is -2.50. The third-order valence-corrected chi connectivity index (χ3v) is 7.13. The number of hydrogen-bond donors (Lipinski definition) is 1. The number of halogens is 3. The van der Waals surface area contributed by atoms with Gasteiger partial charge in [0.15, 0.2) is 0 Å². The summed E-state index contributed by atoms with van der Waals surface area (Å²) in [6.45, 7) is 2.74. The van der Waals surface area contributed by atoms with Crippen molar-refractivity contribution in [3.05, 3.63) is 105 Å². The Hall–Kier alpha value is -2.53. The third-order valence-electron chi connectivity index (χ3n) is 6.06. The molecule has 0 unspecified atom stereocenters. The molecule has 36 heavy (non-hydrogen) atoms. The van der Waals surface area contributed by atoms with Crippen LogP contribution in [0.1, 0.15) is 42.9 Å². The smallest absolute Gasteiger partial charge is 0.243 e. The lowest BCUT2D eigenvalue weighted by molar-refractivity contribution is -0.141. The first-order chi connectivity index (χ1) is 17.4. The van der Waals surface area contributed by atoms with Crippen LogP contribution in [0.25, 0.3) is 0 Å². The maximum absolute atomic E-state index is 13.7. The first kappa shape index (κ1) is 28.0. The van der Waals surface area contributed by atoms with Gasteiger partial charge in [0.1, 0.15) is 6.04 Å². The summed E-state index contributed by atoms with van der Waals surface area (Å²) in [6.07, 6.45) is 2.85. The van der Waals surface area contributed by atoms with Gasteiger partial charge in [-0.3, -0.25) is 9.59 Å². The molecule has 190 valence electrons. The van der Waals surface area contributed by atoms with Crippen molar-refractivity contribution in [1.29, 1.82) is 0 Å². The van der Waals surface area contributed by atoms with Crippen LogP contribution in [0.15, 0.2) is 72.8 Å². The topological polar surface area (TPSA) is 49.4 Å². The maximum Gasteiger partial charge on any atom is 0.243 e.